The van der Waals surface area contributed by atoms with E-state index in [0.717, 1.165) is 29.9 Å². The Hall–Kier alpha value is -2.63. The Kier molecular flexibility index (Phi) is 5.40. The standard InChI is InChI=1S/C20H25N3O3/c1-4-26-20(25)17-6-5-11-22(13-17)19(24)16-7-9-18(10-8-16)23-15(3)12-14(2)21-23/h7-10,12,17H,4-6,11,13H2,1-3H3. The van der Waals surface area contributed by atoms with Gasteiger partial charge in [-0.25, -0.2) is 4.68 Å². The molecule has 1 amide bonds. The molecule has 1 unspecified atom stereocenters. The molecule has 2 heterocycles. The molecule has 138 valence electrons. The second kappa shape index (κ2) is 7.72. The molecule has 0 radical (unpaired) electrons. The molecule has 1 aliphatic rings. The number of amides is 1. The van der Waals surface area contributed by atoms with Crippen LogP contribution in [0.4, 0.5) is 0 Å². The SMILES string of the molecule is CCOC(=O)C1CCCN(C(=O)c2ccc(-n3nc(C)cc3C)cc2)C1. The van der Waals surface area contributed by atoms with Crippen molar-refractivity contribution in [2.45, 2.75) is 33.6 Å². The number of esters is 1. The van der Waals surface area contributed by atoms with E-state index in [-0.39, 0.29) is 17.8 Å². The quantitative estimate of drug-likeness (QED) is 0.791. The van der Waals surface area contributed by atoms with Gasteiger partial charge >= 0.3 is 5.97 Å². The highest BCUT2D eigenvalue weighted by Gasteiger charge is 2.29. The number of aromatic nitrogens is 2. The molecule has 1 aromatic heterocycles. The Morgan fingerprint density at radius 1 is 1.23 bits per heavy atom. The second-order valence-electron chi connectivity index (χ2n) is 6.73. The fourth-order valence-electron chi connectivity index (χ4n) is 3.43. The second-order valence-corrected chi connectivity index (χ2v) is 6.73. The maximum Gasteiger partial charge on any atom is 0.310 e. The summed E-state index contributed by atoms with van der Waals surface area (Å²) in [4.78, 5) is 26.5. The van der Waals surface area contributed by atoms with E-state index in [9.17, 15) is 9.59 Å². The lowest BCUT2D eigenvalue weighted by molar-refractivity contribution is -0.149. The first kappa shape index (κ1) is 18.2. The lowest BCUT2D eigenvalue weighted by atomic mass is 9.97. The highest BCUT2D eigenvalue weighted by molar-refractivity contribution is 5.94. The van der Waals surface area contributed by atoms with Gasteiger partial charge in [0.2, 0.25) is 0 Å². The maximum atomic E-state index is 12.8. The molecular weight excluding hydrogens is 330 g/mol. The summed E-state index contributed by atoms with van der Waals surface area (Å²) in [6, 6.07) is 9.46. The first-order chi connectivity index (χ1) is 12.5. The van der Waals surface area contributed by atoms with E-state index in [0.29, 0.717) is 25.3 Å². The molecule has 1 atom stereocenters. The van der Waals surface area contributed by atoms with Crippen LogP contribution in [-0.2, 0) is 9.53 Å². The molecule has 26 heavy (non-hydrogen) atoms. The van der Waals surface area contributed by atoms with Crippen LogP contribution in [0.15, 0.2) is 30.3 Å². The number of carbonyl (C=O) groups excluding carboxylic acids is 2. The summed E-state index contributed by atoms with van der Waals surface area (Å²) in [7, 11) is 0. The van der Waals surface area contributed by atoms with Crippen LogP contribution in [0.3, 0.4) is 0 Å². The van der Waals surface area contributed by atoms with Crippen LogP contribution in [0.2, 0.25) is 0 Å². The molecule has 0 aliphatic carbocycles. The Balaban J connectivity index is 1.71. The number of piperidine rings is 1. The van der Waals surface area contributed by atoms with Gasteiger partial charge in [-0.1, -0.05) is 0 Å². The molecule has 1 fully saturated rings. The zero-order valence-corrected chi connectivity index (χ0v) is 15.6. The largest absolute Gasteiger partial charge is 0.466 e. The zero-order valence-electron chi connectivity index (χ0n) is 15.6. The summed E-state index contributed by atoms with van der Waals surface area (Å²) < 4.78 is 6.97. The van der Waals surface area contributed by atoms with Crippen molar-refractivity contribution in [3.05, 3.63) is 47.3 Å². The van der Waals surface area contributed by atoms with Crippen LogP contribution in [-0.4, -0.2) is 46.3 Å². The van der Waals surface area contributed by atoms with E-state index in [1.807, 2.05) is 48.9 Å². The third-order valence-corrected chi connectivity index (χ3v) is 4.70. The first-order valence-corrected chi connectivity index (χ1v) is 9.09. The van der Waals surface area contributed by atoms with Crippen molar-refractivity contribution in [3.8, 4) is 5.69 Å². The van der Waals surface area contributed by atoms with Crippen LogP contribution >= 0.6 is 0 Å². The summed E-state index contributed by atoms with van der Waals surface area (Å²) in [5.74, 6) is -0.467. The smallest absolute Gasteiger partial charge is 0.310 e. The number of aryl methyl sites for hydroxylation is 2. The Morgan fingerprint density at radius 2 is 1.96 bits per heavy atom. The van der Waals surface area contributed by atoms with Gasteiger partial charge in [-0.3, -0.25) is 9.59 Å². The molecule has 0 spiro atoms. The van der Waals surface area contributed by atoms with Gasteiger partial charge in [-0.05, 0) is 63.9 Å². The summed E-state index contributed by atoms with van der Waals surface area (Å²) in [6.45, 7) is 7.23. The van der Waals surface area contributed by atoms with Crippen molar-refractivity contribution in [2.24, 2.45) is 5.92 Å². The number of nitrogens with zero attached hydrogens (tertiary/aromatic N) is 3. The van der Waals surface area contributed by atoms with Crippen molar-refractivity contribution in [1.82, 2.24) is 14.7 Å². The third kappa shape index (κ3) is 3.79. The first-order valence-electron chi connectivity index (χ1n) is 9.09. The van der Waals surface area contributed by atoms with Gasteiger partial charge in [0.05, 0.1) is 23.9 Å². The van der Waals surface area contributed by atoms with E-state index in [2.05, 4.69) is 5.10 Å². The van der Waals surface area contributed by atoms with Gasteiger partial charge in [0.15, 0.2) is 0 Å². The molecule has 6 heteroatoms. The summed E-state index contributed by atoms with van der Waals surface area (Å²) in [5, 5.41) is 4.46. The molecule has 1 aliphatic heterocycles. The highest BCUT2D eigenvalue weighted by Crippen LogP contribution is 2.21. The minimum atomic E-state index is -0.221. The predicted molar refractivity (Wildman–Crippen MR) is 98.3 cm³/mol. The van der Waals surface area contributed by atoms with Crippen LogP contribution in [0, 0.1) is 19.8 Å². The summed E-state index contributed by atoms with van der Waals surface area (Å²) in [5.41, 5.74) is 3.56. The van der Waals surface area contributed by atoms with Gasteiger partial charge in [0, 0.05) is 24.3 Å². The monoisotopic (exact) mass is 355 g/mol. The maximum absolute atomic E-state index is 12.8. The van der Waals surface area contributed by atoms with E-state index >= 15 is 0 Å². The van der Waals surface area contributed by atoms with Crippen molar-refractivity contribution in [3.63, 3.8) is 0 Å². The Morgan fingerprint density at radius 3 is 2.58 bits per heavy atom. The number of ether oxygens (including phenoxy) is 1. The van der Waals surface area contributed by atoms with Crippen molar-refractivity contribution in [2.75, 3.05) is 19.7 Å². The van der Waals surface area contributed by atoms with Gasteiger partial charge < -0.3 is 9.64 Å². The summed E-state index contributed by atoms with van der Waals surface area (Å²) in [6.07, 6.45) is 1.60. The lowest BCUT2D eigenvalue weighted by Gasteiger charge is -2.31. The van der Waals surface area contributed by atoms with Gasteiger partial charge in [-0.15, -0.1) is 0 Å². The number of benzene rings is 1. The van der Waals surface area contributed by atoms with E-state index < -0.39 is 0 Å². The molecule has 1 saturated heterocycles. The minimum Gasteiger partial charge on any atom is -0.466 e. The molecule has 3 rings (SSSR count). The Bertz CT molecular complexity index is 795. The summed E-state index contributed by atoms with van der Waals surface area (Å²) >= 11 is 0. The topological polar surface area (TPSA) is 64.4 Å². The van der Waals surface area contributed by atoms with Gasteiger partial charge in [-0.2, -0.15) is 5.10 Å². The van der Waals surface area contributed by atoms with Crippen LogP contribution in [0.1, 0.15) is 41.5 Å². The fourth-order valence-corrected chi connectivity index (χ4v) is 3.43. The fraction of sp³-hybridized carbons (Fsp3) is 0.450. The number of rotatable bonds is 4. The van der Waals surface area contributed by atoms with Gasteiger partial charge in [0.25, 0.3) is 5.91 Å². The number of likely N-dealkylation sites (tertiary alicyclic amines) is 1. The number of hydrogen-bond acceptors (Lipinski definition) is 4. The number of hydrogen-bond donors (Lipinski definition) is 0. The van der Waals surface area contributed by atoms with Crippen molar-refractivity contribution >= 4 is 11.9 Å². The predicted octanol–water partition coefficient (Wildman–Crippen LogP) is 2.90. The molecule has 0 saturated carbocycles. The van der Waals surface area contributed by atoms with E-state index in [1.54, 1.807) is 11.8 Å². The minimum absolute atomic E-state index is 0.0427. The molecule has 2 aromatic rings. The molecule has 0 N–H and O–H groups in total. The molecule has 1 aromatic carbocycles. The average Bonchev–Trinajstić information content (AvgIpc) is 3.00. The van der Waals surface area contributed by atoms with Crippen molar-refractivity contribution < 1.29 is 14.3 Å². The average molecular weight is 355 g/mol. The molecule has 0 bridgehead atoms. The van der Waals surface area contributed by atoms with E-state index in [1.165, 1.54) is 0 Å². The number of carbonyl (C=O) groups is 2. The zero-order chi connectivity index (χ0) is 18.7. The lowest BCUT2D eigenvalue weighted by Crippen LogP contribution is -2.42. The van der Waals surface area contributed by atoms with Crippen molar-refractivity contribution in [1.29, 1.82) is 0 Å². The molecule has 6 nitrogen and oxygen atoms in total. The van der Waals surface area contributed by atoms with E-state index in [4.69, 9.17) is 4.74 Å². The van der Waals surface area contributed by atoms with Crippen LogP contribution in [0.25, 0.3) is 5.69 Å². The highest BCUT2D eigenvalue weighted by atomic mass is 16.5. The van der Waals surface area contributed by atoms with Crippen LogP contribution in [0.5, 0.6) is 0 Å². The normalized spacial score (nSPS) is 17.2. The van der Waals surface area contributed by atoms with Gasteiger partial charge in [0.1, 0.15) is 0 Å². The van der Waals surface area contributed by atoms with Crippen LogP contribution < -0.4 is 0 Å². The Labute approximate surface area is 153 Å². The molecular formula is C20H25N3O3. The third-order valence-electron chi connectivity index (χ3n) is 4.70.